The van der Waals surface area contributed by atoms with Crippen LogP contribution in [0.1, 0.15) is 17.3 Å². The molecule has 0 saturated carbocycles. The third-order valence-corrected chi connectivity index (χ3v) is 2.27. The summed E-state index contributed by atoms with van der Waals surface area (Å²) in [5, 5.41) is 0. The van der Waals surface area contributed by atoms with Crippen LogP contribution in [-0.4, -0.2) is 14.2 Å². The minimum absolute atomic E-state index is 0.453. The van der Waals surface area contributed by atoms with Gasteiger partial charge in [0.25, 0.3) is 0 Å². The summed E-state index contributed by atoms with van der Waals surface area (Å²) in [6.07, 6.45) is -0.453. The van der Waals surface area contributed by atoms with Crippen molar-refractivity contribution in [3.8, 4) is 11.5 Å². The van der Waals surface area contributed by atoms with Crippen molar-refractivity contribution in [3.05, 3.63) is 23.3 Å². The van der Waals surface area contributed by atoms with Gasteiger partial charge >= 0.3 is 0 Å². The van der Waals surface area contributed by atoms with E-state index in [1.54, 1.807) is 20.3 Å². The molecule has 0 radical (unpaired) electrons. The Kier molecular flexibility index (Phi) is 3.90. The molecule has 0 aromatic heterocycles. The van der Waals surface area contributed by atoms with Crippen molar-refractivity contribution in [1.29, 1.82) is 0 Å². The van der Waals surface area contributed by atoms with E-state index in [1.807, 2.05) is 13.0 Å². The summed E-state index contributed by atoms with van der Waals surface area (Å²) < 4.78 is 10.4. The van der Waals surface area contributed by atoms with Gasteiger partial charge < -0.3 is 15.2 Å². The number of hydrogen-bond acceptors (Lipinski definition) is 5. The average Bonchev–Trinajstić information content (AvgIpc) is 2.26. The van der Waals surface area contributed by atoms with Crippen LogP contribution in [0.4, 0.5) is 0 Å². The van der Waals surface area contributed by atoms with Crippen molar-refractivity contribution < 1.29 is 9.47 Å². The Hall–Kier alpha value is -1.30. The van der Waals surface area contributed by atoms with E-state index in [0.29, 0.717) is 5.75 Å². The summed E-state index contributed by atoms with van der Waals surface area (Å²) in [7, 11) is 3.19. The summed E-state index contributed by atoms with van der Waals surface area (Å²) in [4.78, 5) is 0. The Morgan fingerprint density at radius 2 is 1.93 bits per heavy atom. The van der Waals surface area contributed by atoms with Crippen LogP contribution in [0, 0.1) is 6.92 Å². The quantitative estimate of drug-likeness (QED) is 0.382. The first-order chi connectivity index (χ1) is 7.13. The predicted octanol–water partition coefficient (Wildman–Crippen LogP) is 0.433. The lowest BCUT2D eigenvalue weighted by Crippen LogP contribution is -2.34. The van der Waals surface area contributed by atoms with E-state index in [4.69, 9.17) is 21.1 Å². The maximum Gasteiger partial charge on any atom is 0.128 e. The van der Waals surface area contributed by atoms with Gasteiger partial charge in [0.05, 0.1) is 20.4 Å². The molecule has 84 valence electrons. The van der Waals surface area contributed by atoms with E-state index < -0.39 is 6.17 Å². The van der Waals surface area contributed by atoms with Crippen LogP contribution < -0.4 is 26.5 Å². The van der Waals surface area contributed by atoms with Gasteiger partial charge in [-0.15, -0.1) is 0 Å². The maximum atomic E-state index is 5.81. The summed E-state index contributed by atoms with van der Waals surface area (Å²) in [5.74, 6) is 6.70. The lowest BCUT2D eigenvalue weighted by molar-refractivity contribution is 0.384. The first-order valence-electron chi connectivity index (χ1n) is 4.58. The van der Waals surface area contributed by atoms with E-state index in [2.05, 4.69) is 5.43 Å². The topological polar surface area (TPSA) is 82.5 Å². The Bertz CT molecular complexity index is 342. The van der Waals surface area contributed by atoms with Gasteiger partial charge in [-0.05, 0) is 18.6 Å². The molecule has 0 spiro atoms. The molecule has 0 aliphatic carbocycles. The van der Waals surface area contributed by atoms with E-state index in [0.717, 1.165) is 16.9 Å². The minimum Gasteiger partial charge on any atom is -0.497 e. The second-order valence-corrected chi connectivity index (χ2v) is 3.20. The average molecular weight is 211 g/mol. The van der Waals surface area contributed by atoms with Gasteiger partial charge in [-0.3, -0.25) is 5.84 Å². The number of ether oxygens (including phenoxy) is 2. The van der Waals surface area contributed by atoms with E-state index in [9.17, 15) is 0 Å². The number of hydrazine groups is 1. The van der Waals surface area contributed by atoms with Crippen LogP contribution in [0.3, 0.4) is 0 Å². The first kappa shape index (κ1) is 11.8. The zero-order valence-corrected chi connectivity index (χ0v) is 9.20. The van der Waals surface area contributed by atoms with Gasteiger partial charge in [0, 0.05) is 11.6 Å². The fourth-order valence-corrected chi connectivity index (χ4v) is 1.50. The summed E-state index contributed by atoms with van der Waals surface area (Å²) in [6.45, 7) is 1.93. The SMILES string of the molecule is COc1cc(C)c(C(N)NN)c(OC)c1. The molecule has 1 atom stereocenters. The number of methoxy groups -OCH3 is 2. The Morgan fingerprint density at radius 3 is 2.40 bits per heavy atom. The molecular formula is C10H17N3O2. The summed E-state index contributed by atoms with van der Waals surface area (Å²) >= 11 is 0. The lowest BCUT2D eigenvalue weighted by Gasteiger charge is -2.18. The number of nitrogens with one attached hydrogen (secondary N) is 1. The first-order valence-corrected chi connectivity index (χ1v) is 4.58. The van der Waals surface area contributed by atoms with Crippen molar-refractivity contribution in [2.24, 2.45) is 11.6 Å². The summed E-state index contributed by atoms with van der Waals surface area (Å²) in [5.41, 5.74) is 10.1. The highest BCUT2D eigenvalue weighted by atomic mass is 16.5. The molecule has 0 aliphatic heterocycles. The molecule has 5 N–H and O–H groups in total. The number of aryl methyl sites for hydroxylation is 1. The number of benzene rings is 1. The normalized spacial score (nSPS) is 12.3. The largest absolute Gasteiger partial charge is 0.497 e. The molecule has 0 saturated heterocycles. The number of hydrogen-bond donors (Lipinski definition) is 3. The maximum absolute atomic E-state index is 5.81. The molecule has 0 aliphatic rings. The highest BCUT2D eigenvalue weighted by molar-refractivity contribution is 5.47. The highest BCUT2D eigenvalue weighted by Gasteiger charge is 2.14. The van der Waals surface area contributed by atoms with Crippen molar-refractivity contribution >= 4 is 0 Å². The smallest absolute Gasteiger partial charge is 0.128 e. The second kappa shape index (κ2) is 4.97. The van der Waals surface area contributed by atoms with Crippen molar-refractivity contribution in [2.75, 3.05) is 14.2 Å². The van der Waals surface area contributed by atoms with Crippen LogP contribution in [0.15, 0.2) is 12.1 Å². The van der Waals surface area contributed by atoms with Crippen molar-refractivity contribution in [2.45, 2.75) is 13.1 Å². The van der Waals surface area contributed by atoms with Crippen molar-refractivity contribution in [1.82, 2.24) is 5.43 Å². The second-order valence-electron chi connectivity index (χ2n) is 3.20. The molecule has 1 rings (SSSR count). The standard InChI is InChI=1S/C10H17N3O2/c1-6-4-7(14-2)5-8(15-3)9(6)10(11)13-12/h4-5,10,13H,11-12H2,1-3H3. The molecule has 0 fully saturated rings. The summed E-state index contributed by atoms with van der Waals surface area (Å²) in [6, 6.07) is 3.66. The van der Waals surface area contributed by atoms with Gasteiger partial charge in [-0.25, -0.2) is 5.43 Å². The third-order valence-electron chi connectivity index (χ3n) is 2.27. The van der Waals surface area contributed by atoms with Crippen LogP contribution in [0.5, 0.6) is 11.5 Å². The highest BCUT2D eigenvalue weighted by Crippen LogP contribution is 2.30. The minimum atomic E-state index is -0.453. The fraction of sp³-hybridized carbons (Fsp3) is 0.400. The van der Waals surface area contributed by atoms with Gasteiger partial charge in [0.15, 0.2) is 0 Å². The molecule has 5 nitrogen and oxygen atoms in total. The Labute approximate surface area is 89.3 Å². The van der Waals surface area contributed by atoms with Crippen LogP contribution >= 0.6 is 0 Å². The number of nitrogens with two attached hydrogens (primary N) is 2. The molecule has 1 unspecified atom stereocenters. The Morgan fingerprint density at radius 1 is 1.27 bits per heavy atom. The molecule has 5 heteroatoms. The van der Waals surface area contributed by atoms with Gasteiger partial charge in [0.2, 0.25) is 0 Å². The third kappa shape index (κ3) is 2.38. The lowest BCUT2D eigenvalue weighted by atomic mass is 10.0. The van der Waals surface area contributed by atoms with E-state index >= 15 is 0 Å². The Balaban J connectivity index is 3.24. The molecule has 0 heterocycles. The fourth-order valence-electron chi connectivity index (χ4n) is 1.50. The monoisotopic (exact) mass is 211 g/mol. The predicted molar refractivity (Wildman–Crippen MR) is 58.5 cm³/mol. The molecular weight excluding hydrogens is 194 g/mol. The zero-order chi connectivity index (χ0) is 11.4. The van der Waals surface area contributed by atoms with Crippen molar-refractivity contribution in [3.63, 3.8) is 0 Å². The molecule has 0 amide bonds. The van der Waals surface area contributed by atoms with Gasteiger partial charge in [-0.2, -0.15) is 0 Å². The zero-order valence-electron chi connectivity index (χ0n) is 9.20. The van der Waals surface area contributed by atoms with Gasteiger partial charge in [0.1, 0.15) is 11.5 Å². The van der Waals surface area contributed by atoms with Crippen LogP contribution in [-0.2, 0) is 0 Å². The number of rotatable bonds is 4. The van der Waals surface area contributed by atoms with Crippen LogP contribution in [0.25, 0.3) is 0 Å². The molecule has 15 heavy (non-hydrogen) atoms. The van der Waals surface area contributed by atoms with Crippen LogP contribution in [0.2, 0.25) is 0 Å². The van der Waals surface area contributed by atoms with Gasteiger partial charge in [-0.1, -0.05) is 0 Å². The molecule has 1 aromatic rings. The van der Waals surface area contributed by atoms with E-state index in [1.165, 1.54) is 0 Å². The molecule has 1 aromatic carbocycles. The van der Waals surface area contributed by atoms with E-state index in [-0.39, 0.29) is 0 Å². The molecule has 0 bridgehead atoms.